The molecule has 0 fully saturated rings. The normalized spacial score (nSPS) is 10.4. The quantitative estimate of drug-likeness (QED) is 0.0411. The van der Waals surface area contributed by atoms with Gasteiger partial charge in [-0.05, 0) is 26.8 Å². The zero-order chi connectivity index (χ0) is 34.0. The molecule has 0 spiro atoms. The Kier molecular flexibility index (Phi) is 11.6. The second-order valence-corrected chi connectivity index (χ2v) is 10.5. The van der Waals surface area contributed by atoms with Gasteiger partial charge in [-0.2, -0.15) is 0 Å². The van der Waals surface area contributed by atoms with Gasteiger partial charge in [0.1, 0.15) is 17.1 Å². The van der Waals surface area contributed by atoms with Crippen LogP contribution in [0.2, 0.25) is 0 Å². The van der Waals surface area contributed by atoms with E-state index in [0.29, 0.717) is 33.6 Å². The molecule has 0 saturated carbocycles. The molecule has 0 aliphatic heterocycles. The molecule has 0 aliphatic rings. The molecule has 258 valence electrons. The van der Waals surface area contributed by atoms with Crippen molar-refractivity contribution in [3.8, 4) is 0 Å². The first kappa shape index (κ1) is 37.3. The maximum atomic E-state index is 13.2. The molecule has 49 heavy (non-hydrogen) atoms. The van der Waals surface area contributed by atoms with Gasteiger partial charge in [0.25, 0.3) is 29.3 Å². The van der Waals surface area contributed by atoms with Crippen molar-refractivity contribution < 1.29 is 24.1 Å². The van der Waals surface area contributed by atoms with Crippen LogP contribution in [0.4, 0.5) is 22.7 Å². The number of benzene rings is 1. The third-order valence-electron chi connectivity index (χ3n) is 7.43. The van der Waals surface area contributed by atoms with E-state index in [-0.39, 0.29) is 83.4 Å². The lowest BCUT2D eigenvalue weighted by atomic mass is 10.2. The van der Waals surface area contributed by atoms with E-state index in [1.165, 1.54) is 30.7 Å². The molecule has 4 amide bonds. The minimum atomic E-state index is -0.667. The molecule has 18 nitrogen and oxygen atoms in total. The standard InChI is InChI=1S/C29H30N12O6.2ClH/c1-12-16(9-33-21(12)26(42)32-8-7-20(30)31)37-27(43)22-13(2)17(10-34-22)38-28(44)23-14(3)18(11-35-23)39-29(45)25-36-15-5-4-6-19(41(46)47)24(15)40-25;;/h4-6,9-11,33-35H,7-8H2,1-3H3,(H3,30,31)(H,32,42)(H,36,40)(H,37,43)(H,38,44)(H,39,45);2*1H. The summed E-state index contributed by atoms with van der Waals surface area (Å²) in [4.78, 5) is 77.6. The molecule has 4 heterocycles. The van der Waals surface area contributed by atoms with Gasteiger partial charge in [-0.3, -0.25) is 34.7 Å². The highest BCUT2D eigenvalue weighted by atomic mass is 35.5. The Balaban J connectivity index is 0.00000325. The SMILES string of the molecule is Cc1c(NC(=O)c2nc3c([N+](=O)[O-])cccc3[nH]2)c[nH]c1C(=O)Nc1c[nH]c(C(=O)Nc2c[nH]c(C(=O)NCCC(=N)N)c2C)c1C.Cl.Cl. The maximum Gasteiger partial charge on any atom is 0.297 e. The van der Waals surface area contributed by atoms with Crippen molar-refractivity contribution in [1.29, 1.82) is 5.41 Å². The molecule has 0 radical (unpaired) electrons. The van der Waals surface area contributed by atoms with Crippen molar-refractivity contribution >= 4 is 88.1 Å². The van der Waals surface area contributed by atoms with E-state index >= 15 is 0 Å². The summed E-state index contributed by atoms with van der Waals surface area (Å²) in [7, 11) is 0. The largest absolute Gasteiger partial charge is 0.388 e. The average molecular weight is 716 g/mol. The topological polar surface area (TPSA) is 285 Å². The number of hydrogen-bond donors (Lipinski definition) is 10. The van der Waals surface area contributed by atoms with Crippen molar-refractivity contribution in [3.63, 3.8) is 0 Å². The number of halogens is 2. The lowest BCUT2D eigenvalue weighted by Crippen LogP contribution is -2.28. The zero-order valence-corrected chi connectivity index (χ0v) is 27.7. The van der Waals surface area contributed by atoms with Gasteiger partial charge in [-0.25, -0.2) is 4.98 Å². The Labute approximate surface area is 289 Å². The van der Waals surface area contributed by atoms with Crippen LogP contribution in [0.25, 0.3) is 11.0 Å². The van der Waals surface area contributed by atoms with E-state index in [2.05, 4.69) is 46.2 Å². The molecule has 0 bridgehead atoms. The van der Waals surface area contributed by atoms with Crippen LogP contribution in [0.5, 0.6) is 0 Å². The molecule has 5 rings (SSSR count). The first-order chi connectivity index (χ1) is 22.3. The second kappa shape index (κ2) is 15.2. The predicted octanol–water partition coefficient (Wildman–Crippen LogP) is 4.04. The maximum absolute atomic E-state index is 13.2. The van der Waals surface area contributed by atoms with Crippen LogP contribution >= 0.6 is 24.8 Å². The van der Waals surface area contributed by atoms with Gasteiger partial charge in [0.2, 0.25) is 0 Å². The number of non-ortho nitro benzene ring substituents is 1. The van der Waals surface area contributed by atoms with Crippen molar-refractivity contribution in [2.24, 2.45) is 5.73 Å². The molecule has 4 aromatic heterocycles. The number of hydrogen-bond acceptors (Lipinski definition) is 8. The average Bonchev–Trinajstić information content (AvgIpc) is 3.79. The Morgan fingerprint density at radius 1 is 0.816 bits per heavy atom. The number of nitro groups is 1. The Hall–Kier alpha value is -6.14. The number of amides is 4. The number of aromatic nitrogens is 5. The van der Waals surface area contributed by atoms with Gasteiger partial charge in [0.15, 0.2) is 11.3 Å². The Morgan fingerprint density at radius 2 is 1.29 bits per heavy atom. The van der Waals surface area contributed by atoms with Crippen LogP contribution in [0.15, 0.2) is 36.8 Å². The van der Waals surface area contributed by atoms with Crippen LogP contribution in [-0.4, -0.2) is 65.9 Å². The van der Waals surface area contributed by atoms with Crippen LogP contribution < -0.4 is 27.0 Å². The number of carbonyl (C=O) groups is 4. The van der Waals surface area contributed by atoms with Crippen molar-refractivity contribution in [2.75, 3.05) is 22.5 Å². The molecule has 1 aromatic carbocycles. The number of nitro benzene ring substituents is 1. The predicted molar refractivity (Wildman–Crippen MR) is 187 cm³/mol. The van der Waals surface area contributed by atoms with Crippen LogP contribution in [0, 0.1) is 36.3 Å². The summed E-state index contributed by atoms with van der Waals surface area (Å²) in [5, 5.41) is 29.3. The molecule has 0 aliphatic carbocycles. The number of para-hydroxylation sites is 1. The van der Waals surface area contributed by atoms with E-state index in [1.54, 1.807) is 26.8 Å². The fraction of sp³-hybridized carbons (Fsp3) is 0.172. The number of imidazole rings is 1. The molecule has 0 saturated heterocycles. The fourth-order valence-electron chi connectivity index (χ4n) is 4.81. The van der Waals surface area contributed by atoms with Gasteiger partial charge in [0.05, 0.1) is 33.3 Å². The molecule has 0 atom stereocenters. The summed E-state index contributed by atoms with van der Waals surface area (Å²) >= 11 is 0. The molecule has 0 unspecified atom stereocenters. The van der Waals surface area contributed by atoms with Crippen molar-refractivity contribution in [2.45, 2.75) is 27.2 Å². The number of fused-ring (bicyclic) bond motifs is 1. The van der Waals surface area contributed by atoms with Gasteiger partial charge in [-0.1, -0.05) is 6.07 Å². The summed E-state index contributed by atoms with van der Waals surface area (Å²) in [5.41, 5.74) is 8.36. The Morgan fingerprint density at radius 3 is 1.76 bits per heavy atom. The number of nitrogens with one attached hydrogen (secondary N) is 9. The number of H-pyrrole nitrogens is 4. The number of aromatic amines is 4. The highest BCUT2D eigenvalue weighted by molar-refractivity contribution is 6.10. The summed E-state index contributed by atoms with van der Waals surface area (Å²) in [5.74, 6) is -2.32. The number of carbonyl (C=O) groups excluding carboxylic acids is 4. The first-order valence-corrected chi connectivity index (χ1v) is 14.1. The summed E-state index contributed by atoms with van der Waals surface area (Å²) in [6.07, 6.45) is 4.58. The van der Waals surface area contributed by atoms with Gasteiger partial charge >= 0.3 is 0 Å². The number of amidine groups is 1. The Bertz CT molecular complexity index is 2090. The van der Waals surface area contributed by atoms with E-state index < -0.39 is 28.6 Å². The minimum Gasteiger partial charge on any atom is -0.388 e. The number of nitrogens with zero attached hydrogens (tertiary/aromatic N) is 2. The van der Waals surface area contributed by atoms with Crippen molar-refractivity contribution in [3.05, 3.63) is 86.5 Å². The summed E-state index contributed by atoms with van der Waals surface area (Å²) < 4.78 is 0. The number of anilines is 3. The van der Waals surface area contributed by atoms with E-state index in [4.69, 9.17) is 11.1 Å². The molecular formula is C29H32Cl2N12O6. The van der Waals surface area contributed by atoms with Gasteiger partial charge in [-0.15, -0.1) is 24.8 Å². The first-order valence-electron chi connectivity index (χ1n) is 14.1. The monoisotopic (exact) mass is 714 g/mol. The van der Waals surface area contributed by atoms with Crippen LogP contribution in [0.1, 0.15) is 65.2 Å². The van der Waals surface area contributed by atoms with E-state index in [0.717, 1.165) is 0 Å². The molecule has 20 heteroatoms. The van der Waals surface area contributed by atoms with Crippen LogP contribution in [0.3, 0.4) is 0 Å². The number of rotatable bonds is 11. The molecule has 11 N–H and O–H groups in total. The smallest absolute Gasteiger partial charge is 0.297 e. The van der Waals surface area contributed by atoms with Crippen molar-refractivity contribution in [1.82, 2.24) is 30.2 Å². The van der Waals surface area contributed by atoms with Gasteiger partial charge < -0.3 is 46.9 Å². The minimum absolute atomic E-state index is 0. The second-order valence-electron chi connectivity index (χ2n) is 10.5. The van der Waals surface area contributed by atoms with E-state index in [9.17, 15) is 29.3 Å². The van der Waals surface area contributed by atoms with E-state index in [1.807, 2.05) is 0 Å². The highest BCUT2D eigenvalue weighted by Crippen LogP contribution is 2.26. The van der Waals surface area contributed by atoms with Gasteiger partial charge in [0, 0.05) is 54.3 Å². The highest BCUT2D eigenvalue weighted by Gasteiger charge is 2.23. The third kappa shape index (κ3) is 7.71. The fourth-order valence-corrected chi connectivity index (χ4v) is 4.81. The zero-order valence-electron chi connectivity index (χ0n) is 26.1. The molecular weight excluding hydrogens is 683 g/mol. The third-order valence-corrected chi connectivity index (χ3v) is 7.43. The number of nitrogens with two attached hydrogens (primary N) is 1. The summed E-state index contributed by atoms with van der Waals surface area (Å²) in [6, 6.07) is 4.33. The lowest BCUT2D eigenvalue weighted by Gasteiger charge is -2.07. The lowest BCUT2D eigenvalue weighted by molar-refractivity contribution is -0.383. The summed E-state index contributed by atoms with van der Waals surface area (Å²) in [6.45, 7) is 5.12. The molecule has 5 aromatic rings. The van der Waals surface area contributed by atoms with Crippen LogP contribution in [-0.2, 0) is 0 Å².